The van der Waals surface area contributed by atoms with Crippen LogP contribution >= 0.6 is 0 Å². The maximum absolute atomic E-state index is 12.1. The number of carbonyl (C=O) groups excluding carboxylic acids is 1. The van der Waals surface area contributed by atoms with Crippen LogP contribution in [0.25, 0.3) is 0 Å². The van der Waals surface area contributed by atoms with E-state index in [1.807, 2.05) is 27.7 Å². The number of rotatable bonds is 6. The Morgan fingerprint density at radius 1 is 1.29 bits per heavy atom. The fourth-order valence-corrected chi connectivity index (χ4v) is 2.54. The highest BCUT2D eigenvalue weighted by Gasteiger charge is 2.25. The molecule has 0 saturated heterocycles. The fraction of sp³-hybridized carbons (Fsp3) is 0.529. The summed E-state index contributed by atoms with van der Waals surface area (Å²) < 4.78 is 5.02. The maximum atomic E-state index is 12.1. The van der Waals surface area contributed by atoms with Crippen molar-refractivity contribution in [2.75, 3.05) is 6.61 Å². The Bertz CT molecular complexity index is 544. The van der Waals surface area contributed by atoms with Crippen LogP contribution in [-0.2, 0) is 17.6 Å². The molecule has 4 heteroatoms. The number of carboxylic acid groups (broad SMARTS) is 1. The van der Waals surface area contributed by atoms with Gasteiger partial charge < -0.3 is 9.84 Å². The molecule has 0 aliphatic heterocycles. The molecule has 1 aromatic rings. The zero-order valence-electron chi connectivity index (χ0n) is 13.4. The quantitative estimate of drug-likeness (QED) is 0.813. The van der Waals surface area contributed by atoms with E-state index >= 15 is 0 Å². The number of aryl methyl sites for hydroxylation is 1. The first-order chi connectivity index (χ1) is 9.83. The van der Waals surface area contributed by atoms with Crippen molar-refractivity contribution in [3.63, 3.8) is 0 Å². The van der Waals surface area contributed by atoms with Crippen LogP contribution in [0.15, 0.2) is 6.07 Å². The van der Waals surface area contributed by atoms with Crippen molar-refractivity contribution in [2.45, 2.75) is 47.5 Å². The number of hydrogen-bond acceptors (Lipinski definition) is 3. The predicted molar refractivity (Wildman–Crippen MR) is 82.0 cm³/mol. The predicted octanol–water partition coefficient (Wildman–Crippen LogP) is 3.63. The van der Waals surface area contributed by atoms with Gasteiger partial charge in [-0.2, -0.15) is 0 Å². The molecular formula is C17H24O4. The van der Waals surface area contributed by atoms with Crippen LogP contribution < -0.4 is 0 Å². The summed E-state index contributed by atoms with van der Waals surface area (Å²) in [6.07, 6.45) is 1.39. The summed E-state index contributed by atoms with van der Waals surface area (Å²) in [6, 6.07) is 1.67. The number of ether oxygens (including phenoxy) is 1. The Balaban J connectivity index is 3.61. The average Bonchev–Trinajstić information content (AvgIpc) is 2.39. The van der Waals surface area contributed by atoms with E-state index < -0.39 is 11.9 Å². The molecule has 0 unspecified atom stereocenters. The van der Waals surface area contributed by atoms with Gasteiger partial charge in [0.2, 0.25) is 0 Å². The van der Waals surface area contributed by atoms with E-state index in [1.54, 1.807) is 13.0 Å². The minimum atomic E-state index is -1.07. The van der Waals surface area contributed by atoms with Crippen molar-refractivity contribution in [3.05, 3.63) is 33.9 Å². The molecule has 1 N–H and O–H groups in total. The molecule has 1 rings (SSSR count). The summed E-state index contributed by atoms with van der Waals surface area (Å²) in [5.41, 5.74) is 2.98. The van der Waals surface area contributed by atoms with Crippen molar-refractivity contribution < 1.29 is 19.4 Å². The summed E-state index contributed by atoms with van der Waals surface area (Å²) >= 11 is 0. The van der Waals surface area contributed by atoms with E-state index in [0.29, 0.717) is 12.3 Å². The highest BCUT2D eigenvalue weighted by Crippen LogP contribution is 2.27. The van der Waals surface area contributed by atoms with Crippen LogP contribution in [-0.4, -0.2) is 23.7 Å². The Kier molecular flexibility index (Phi) is 5.94. The van der Waals surface area contributed by atoms with E-state index in [0.717, 1.165) is 23.1 Å². The van der Waals surface area contributed by atoms with Gasteiger partial charge in [-0.05, 0) is 55.4 Å². The molecule has 0 aliphatic carbocycles. The second-order valence-electron chi connectivity index (χ2n) is 5.54. The fourth-order valence-electron chi connectivity index (χ4n) is 2.54. The first kappa shape index (κ1) is 17.2. The smallest absolute Gasteiger partial charge is 0.339 e. The summed E-state index contributed by atoms with van der Waals surface area (Å²) in [7, 11) is 0. The molecule has 0 aliphatic rings. The van der Waals surface area contributed by atoms with Crippen LogP contribution in [0, 0.1) is 12.8 Å². The molecule has 0 heterocycles. The molecule has 1 aromatic carbocycles. The monoisotopic (exact) mass is 292 g/mol. The Morgan fingerprint density at radius 3 is 2.33 bits per heavy atom. The SMILES string of the molecule is CCOC(=O)c1cc(CC)c(C)c(CC(C)C)c1C(=O)O. The second kappa shape index (κ2) is 7.25. The number of aromatic carboxylic acids is 1. The summed E-state index contributed by atoms with van der Waals surface area (Å²) in [6.45, 7) is 9.94. The van der Waals surface area contributed by atoms with Crippen molar-refractivity contribution in [3.8, 4) is 0 Å². The molecule has 0 aromatic heterocycles. The van der Waals surface area contributed by atoms with Crippen LogP contribution in [0.3, 0.4) is 0 Å². The first-order valence-electron chi connectivity index (χ1n) is 7.39. The van der Waals surface area contributed by atoms with E-state index in [1.165, 1.54) is 0 Å². The van der Waals surface area contributed by atoms with Crippen molar-refractivity contribution in [1.82, 2.24) is 0 Å². The molecule has 0 amide bonds. The largest absolute Gasteiger partial charge is 0.478 e. The van der Waals surface area contributed by atoms with Gasteiger partial charge in [-0.15, -0.1) is 0 Å². The van der Waals surface area contributed by atoms with Crippen LogP contribution in [0.5, 0.6) is 0 Å². The third-order valence-corrected chi connectivity index (χ3v) is 3.53. The highest BCUT2D eigenvalue weighted by molar-refractivity contribution is 6.04. The Hall–Kier alpha value is -1.84. The zero-order chi connectivity index (χ0) is 16.2. The first-order valence-corrected chi connectivity index (χ1v) is 7.39. The standard InChI is InChI=1S/C17H24O4/c1-6-12-9-14(17(20)21-7-2)15(16(18)19)13(11(12)5)8-10(3)4/h9-10H,6-8H2,1-5H3,(H,18,19). The number of benzene rings is 1. The lowest BCUT2D eigenvalue weighted by molar-refractivity contribution is 0.0514. The lowest BCUT2D eigenvalue weighted by atomic mass is 9.87. The summed E-state index contributed by atoms with van der Waals surface area (Å²) in [4.78, 5) is 23.8. The average molecular weight is 292 g/mol. The topological polar surface area (TPSA) is 63.6 Å². The Morgan fingerprint density at radius 2 is 1.90 bits per heavy atom. The number of hydrogen-bond donors (Lipinski definition) is 1. The minimum Gasteiger partial charge on any atom is -0.478 e. The molecule has 4 nitrogen and oxygen atoms in total. The maximum Gasteiger partial charge on any atom is 0.339 e. The third kappa shape index (κ3) is 3.84. The number of carbonyl (C=O) groups is 2. The lowest BCUT2D eigenvalue weighted by Gasteiger charge is -2.18. The number of esters is 1. The third-order valence-electron chi connectivity index (χ3n) is 3.53. The van der Waals surface area contributed by atoms with Gasteiger partial charge in [0.05, 0.1) is 17.7 Å². The molecule has 116 valence electrons. The van der Waals surface area contributed by atoms with Crippen molar-refractivity contribution >= 4 is 11.9 Å². The number of carboxylic acids is 1. The van der Waals surface area contributed by atoms with Crippen molar-refractivity contribution in [1.29, 1.82) is 0 Å². The minimum absolute atomic E-state index is 0.0943. The molecule has 0 radical (unpaired) electrons. The van der Waals surface area contributed by atoms with Crippen LogP contribution in [0.4, 0.5) is 0 Å². The summed E-state index contributed by atoms with van der Waals surface area (Å²) in [5.74, 6) is -1.32. The van der Waals surface area contributed by atoms with Crippen LogP contribution in [0.1, 0.15) is 65.1 Å². The van der Waals surface area contributed by atoms with Gasteiger partial charge in [0.1, 0.15) is 0 Å². The molecule has 0 atom stereocenters. The molecule has 0 fully saturated rings. The van der Waals surface area contributed by atoms with Crippen molar-refractivity contribution in [2.24, 2.45) is 5.92 Å². The zero-order valence-corrected chi connectivity index (χ0v) is 13.4. The Labute approximate surface area is 126 Å². The normalized spacial score (nSPS) is 10.8. The second-order valence-corrected chi connectivity index (χ2v) is 5.54. The molecular weight excluding hydrogens is 268 g/mol. The van der Waals surface area contributed by atoms with E-state index in [4.69, 9.17) is 4.74 Å². The van der Waals surface area contributed by atoms with Gasteiger partial charge in [0.15, 0.2) is 0 Å². The highest BCUT2D eigenvalue weighted by atomic mass is 16.5. The van der Waals surface area contributed by atoms with Gasteiger partial charge in [0.25, 0.3) is 0 Å². The van der Waals surface area contributed by atoms with Gasteiger partial charge in [0, 0.05) is 0 Å². The van der Waals surface area contributed by atoms with E-state index in [9.17, 15) is 14.7 Å². The molecule has 0 spiro atoms. The van der Waals surface area contributed by atoms with Gasteiger partial charge >= 0.3 is 11.9 Å². The van der Waals surface area contributed by atoms with Crippen LogP contribution in [0.2, 0.25) is 0 Å². The summed E-state index contributed by atoms with van der Waals surface area (Å²) in [5, 5.41) is 9.56. The van der Waals surface area contributed by atoms with Gasteiger partial charge in [-0.1, -0.05) is 20.8 Å². The van der Waals surface area contributed by atoms with E-state index in [2.05, 4.69) is 0 Å². The lowest BCUT2D eigenvalue weighted by Crippen LogP contribution is -2.17. The molecule has 21 heavy (non-hydrogen) atoms. The molecule has 0 bridgehead atoms. The van der Waals surface area contributed by atoms with Gasteiger partial charge in [-0.25, -0.2) is 9.59 Å². The molecule has 0 saturated carbocycles. The van der Waals surface area contributed by atoms with Gasteiger partial charge in [-0.3, -0.25) is 0 Å². The van der Waals surface area contributed by atoms with E-state index in [-0.39, 0.29) is 17.7 Å².